The maximum Gasteiger partial charge on any atom is 0.449 e. The van der Waals surface area contributed by atoms with Crippen LogP contribution in [0, 0.1) is 0 Å². The molecule has 0 radical (unpaired) electrons. The number of benzene rings is 2. The first-order valence-electron chi connectivity index (χ1n) is 7.37. The maximum atomic E-state index is 12.8. The molecule has 1 heterocycles. The number of ether oxygens (including phenoxy) is 3. The van der Waals surface area contributed by atoms with Crippen molar-refractivity contribution < 1.29 is 31.8 Å². The predicted molar refractivity (Wildman–Crippen MR) is 87.1 cm³/mol. The van der Waals surface area contributed by atoms with Crippen molar-refractivity contribution in [3.05, 3.63) is 58.4 Å². The number of hydrogen-bond donors (Lipinski definition) is 0. The zero-order valence-electron chi connectivity index (χ0n) is 13.7. The van der Waals surface area contributed by atoms with Crippen molar-refractivity contribution in [3.63, 3.8) is 0 Å². The molecule has 1 aromatic heterocycles. The molecular weight excluding hydrogens is 353 g/mol. The van der Waals surface area contributed by atoms with Crippen LogP contribution in [0.1, 0.15) is 5.76 Å². The Labute approximate surface area is 145 Å². The van der Waals surface area contributed by atoms with Crippen LogP contribution in [-0.2, 0) is 6.18 Å². The summed E-state index contributed by atoms with van der Waals surface area (Å²) in [7, 11) is 2.95. The summed E-state index contributed by atoms with van der Waals surface area (Å²) in [6, 6.07) is 9.25. The van der Waals surface area contributed by atoms with Gasteiger partial charge in [-0.15, -0.1) is 0 Å². The third-order valence-electron chi connectivity index (χ3n) is 3.57. The molecule has 3 aromatic rings. The Morgan fingerprint density at radius 2 is 1.54 bits per heavy atom. The molecule has 0 bridgehead atoms. The molecule has 26 heavy (non-hydrogen) atoms. The van der Waals surface area contributed by atoms with Crippen LogP contribution in [0.15, 0.2) is 51.7 Å². The summed E-state index contributed by atoms with van der Waals surface area (Å²) in [6.07, 6.45) is -4.76. The quantitative estimate of drug-likeness (QED) is 0.674. The second kappa shape index (κ2) is 6.62. The van der Waals surface area contributed by atoms with Gasteiger partial charge in [0.2, 0.25) is 5.76 Å². The van der Waals surface area contributed by atoms with Gasteiger partial charge in [0.15, 0.2) is 16.9 Å². The molecule has 0 amide bonds. The molecule has 0 saturated carbocycles. The van der Waals surface area contributed by atoms with Gasteiger partial charge in [0.1, 0.15) is 17.1 Å². The largest absolute Gasteiger partial charge is 0.493 e. The van der Waals surface area contributed by atoms with Crippen LogP contribution >= 0.6 is 0 Å². The number of hydrogen-bond acceptors (Lipinski definition) is 5. The highest BCUT2D eigenvalue weighted by Crippen LogP contribution is 2.34. The smallest absolute Gasteiger partial charge is 0.449 e. The van der Waals surface area contributed by atoms with E-state index in [1.807, 2.05) is 0 Å². The first kappa shape index (κ1) is 17.7. The van der Waals surface area contributed by atoms with Gasteiger partial charge in [-0.05, 0) is 24.3 Å². The fourth-order valence-corrected chi connectivity index (χ4v) is 2.35. The number of halogens is 3. The van der Waals surface area contributed by atoms with Crippen molar-refractivity contribution in [1.29, 1.82) is 0 Å². The van der Waals surface area contributed by atoms with Crippen LogP contribution in [-0.4, -0.2) is 14.2 Å². The van der Waals surface area contributed by atoms with E-state index < -0.39 is 17.4 Å². The third kappa shape index (κ3) is 3.44. The molecule has 0 spiro atoms. The van der Waals surface area contributed by atoms with Gasteiger partial charge in [0, 0.05) is 18.2 Å². The normalized spacial score (nSPS) is 11.4. The van der Waals surface area contributed by atoms with Gasteiger partial charge in [-0.1, -0.05) is 0 Å². The van der Waals surface area contributed by atoms with Crippen LogP contribution in [0.5, 0.6) is 23.0 Å². The van der Waals surface area contributed by atoms with Crippen molar-refractivity contribution in [3.8, 4) is 23.0 Å². The molecule has 0 atom stereocenters. The predicted octanol–water partition coefficient (Wildman–Crippen LogP) is 4.62. The van der Waals surface area contributed by atoms with Gasteiger partial charge in [-0.2, -0.15) is 13.2 Å². The van der Waals surface area contributed by atoms with Crippen LogP contribution in [0.3, 0.4) is 0 Å². The van der Waals surface area contributed by atoms with Crippen LogP contribution in [0.4, 0.5) is 13.2 Å². The topological polar surface area (TPSA) is 57.9 Å². The van der Waals surface area contributed by atoms with Gasteiger partial charge in [0.05, 0.1) is 19.6 Å². The lowest BCUT2D eigenvalue weighted by Gasteiger charge is -2.11. The molecule has 136 valence electrons. The van der Waals surface area contributed by atoms with E-state index in [-0.39, 0.29) is 16.7 Å². The summed E-state index contributed by atoms with van der Waals surface area (Å²) in [5.41, 5.74) is -1.00. The molecule has 0 saturated heterocycles. The molecule has 0 unspecified atom stereocenters. The third-order valence-corrected chi connectivity index (χ3v) is 3.57. The summed E-state index contributed by atoms with van der Waals surface area (Å²) in [4.78, 5) is 11.8. The van der Waals surface area contributed by atoms with Crippen LogP contribution in [0.2, 0.25) is 0 Å². The van der Waals surface area contributed by atoms with E-state index in [4.69, 9.17) is 18.6 Å². The highest BCUT2D eigenvalue weighted by Gasteiger charge is 2.34. The highest BCUT2D eigenvalue weighted by atomic mass is 19.4. The molecule has 0 fully saturated rings. The van der Waals surface area contributed by atoms with Crippen molar-refractivity contribution in [2.24, 2.45) is 0 Å². The maximum absolute atomic E-state index is 12.8. The minimum Gasteiger partial charge on any atom is -0.493 e. The Kier molecular flexibility index (Phi) is 4.50. The number of methoxy groups -OCH3 is 2. The summed E-state index contributed by atoms with van der Waals surface area (Å²) in [5, 5.41) is 0.0256. The zero-order valence-corrected chi connectivity index (χ0v) is 13.7. The summed E-state index contributed by atoms with van der Waals surface area (Å²) in [5.74, 6) is 0.137. The Hall–Kier alpha value is -3.16. The molecule has 0 N–H and O–H groups in total. The van der Waals surface area contributed by atoms with Crippen LogP contribution in [0.25, 0.3) is 11.0 Å². The van der Waals surface area contributed by atoms with E-state index >= 15 is 0 Å². The molecular formula is C18H13F3O5. The van der Waals surface area contributed by atoms with Crippen molar-refractivity contribution in [2.45, 2.75) is 6.18 Å². The second-order valence-electron chi connectivity index (χ2n) is 5.25. The lowest BCUT2D eigenvalue weighted by Crippen LogP contribution is -2.10. The van der Waals surface area contributed by atoms with Crippen molar-refractivity contribution in [1.82, 2.24) is 0 Å². The Bertz CT molecular complexity index is 1010. The molecule has 0 aliphatic carbocycles. The van der Waals surface area contributed by atoms with Gasteiger partial charge < -0.3 is 18.6 Å². The fourth-order valence-electron chi connectivity index (χ4n) is 2.35. The monoisotopic (exact) mass is 366 g/mol. The van der Waals surface area contributed by atoms with E-state index in [1.165, 1.54) is 32.4 Å². The Morgan fingerprint density at radius 1 is 0.885 bits per heavy atom. The van der Waals surface area contributed by atoms with Crippen molar-refractivity contribution in [2.75, 3.05) is 14.2 Å². The standard InChI is InChI=1S/C18H13F3O5/c1-23-14-6-4-11(8-16(14)24-2)25-10-3-5-12-13(22)9-17(18(19,20)21)26-15(12)7-10/h3-9H,1-2H3. The summed E-state index contributed by atoms with van der Waals surface area (Å²) in [6.45, 7) is 0. The average molecular weight is 366 g/mol. The first-order valence-corrected chi connectivity index (χ1v) is 7.37. The second-order valence-corrected chi connectivity index (χ2v) is 5.25. The zero-order chi connectivity index (χ0) is 18.9. The number of alkyl halides is 3. The molecule has 2 aromatic carbocycles. The SMILES string of the molecule is COc1ccc(Oc2ccc3c(=O)cc(C(F)(F)F)oc3c2)cc1OC. The summed E-state index contributed by atoms with van der Waals surface area (Å²) >= 11 is 0. The van der Waals surface area contributed by atoms with E-state index in [0.29, 0.717) is 23.3 Å². The first-order chi connectivity index (χ1) is 12.3. The average Bonchev–Trinajstić information content (AvgIpc) is 2.60. The van der Waals surface area contributed by atoms with E-state index in [2.05, 4.69) is 0 Å². The molecule has 0 aliphatic rings. The number of fused-ring (bicyclic) bond motifs is 1. The van der Waals surface area contributed by atoms with E-state index in [0.717, 1.165) is 0 Å². The van der Waals surface area contributed by atoms with Crippen LogP contribution < -0.4 is 19.6 Å². The van der Waals surface area contributed by atoms with E-state index in [1.54, 1.807) is 18.2 Å². The molecule has 0 aliphatic heterocycles. The molecule has 8 heteroatoms. The minimum absolute atomic E-state index is 0.0256. The minimum atomic E-state index is -4.76. The van der Waals surface area contributed by atoms with Crippen molar-refractivity contribution >= 4 is 11.0 Å². The lowest BCUT2D eigenvalue weighted by atomic mass is 10.2. The highest BCUT2D eigenvalue weighted by molar-refractivity contribution is 5.78. The van der Waals surface area contributed by atoms with Gasteiger partial charge in [-0.3, -0.25) is 4.79 Å². The fraction of sp³-hybridized carbons (Fsp3) is 0.167. The molecule has 5 nitrogen and oxygen atoms in total. The summed E-state index contributed by atoms with van der Waals surface area (Å²) < 4.78 is 59.1. The Morgan fingerprint density at radius 3 is 2.19 bits per heavy atom. The van der Waals surface area contributed by atoms with Gasteiger partial charge in [-0.25, -0.2) is 0 Å². The molecule has 3 rings (SSSR count). The van der Waals surface area contributed by atoms with E-state index in [9.17, 15) is 18.0 Å². The number of rotatable bonds is 4. The Balaban J connectivity index is 2.00. The van der Waals surface area contributed by atoms with Gasteiger partial charge in [0.25, 0.3) is 0 Å². The lowest BCUT2D eigenvalue weighted by molar-refractivity contribution is -0.152. The van der Waals surface area contributed by atoms with Gasteiger partial charge >= 0.3 is 6.18 Å².